The van der Waals surface area contributed by atoms with Crippen molar-refractivity contribution in [3.63, 3.8) is 0 Å². The summed E-state index contributed by atoms with van der Waals surface area (Å²) in [6.07, 6.45) is 1.63. The number of aliphatic hydroxyl groups is 1. The minimum absolute atomic E-state index is 0.0536. The first-order valence-corrected chi connectivity index (χ1v) is 4.20. The van der Waals surface area contributed by atoms with Gasteiger partial charge < -0.3 is 10.2 Å². The van der Waals surface area contributed by atoms with E-state index in [1.165, 1.54) is 0 Å². The number of carboxylic acid groups (broad SMARTS) is 1. The molecule has 0 aliphatic carbocycles. The molecule has 0 aliphatic heterocycles. The molecule has 0 heterocycles. The molecule has 0 radical (unpaired) electrons. The van der Waals surface area contributed by atoms with Crippen LogP contribution in [0.15, 0.2) is 11.6 Å². The lowest BCUT2D eigenvalue weighted by atomic mass is 10.2. The average molecular weight is 187 g/mol. The van der Waals surface area contributed by atoms with Crippen LogP contribution in [0.5, 0.6) is 0 Å². The molecule has 0 aromatic heterocycles. The van der Waals surface area contributed by atoms with Gasteiger partial charge in [-0.2, -0.15) is 0 Å². The maximum Gasteiger partial charge on any atom is 0.330 e. The second-order valence-electron chi connectivity index (χ2n) is 3.16. The molecule has 0 spiro atoms. The van der Waals surface area contributed by atoms with Gasteiger partial charge in [0.15, 0.2) is 0 Å². The third-order valence-electron chi connectivity index (χ3n) is 2.04. The summed E-state index contributed by atoms with van der Waals surface area (Å²) < 4.78 is 0. The van der Waals surface area contributed by atoms with Gasteiger partial charge in [0.1, 0.15) is 0 Å². The highest BCUT2D eigenvalue weighted by Gasteiger charge is 2.06. The molecule has 76 valence electrons. The lowest BCUT2D eigenvalue weighted by molar-refractivity contribution is -0.132. The lowest BCUT2D eigenvalue weighted by Crippen LogP contribution is -2.32. The maximum atomic E-state index is 10.4. The molecular formula is C9H17NO3. The summed E-state index contributed by atoms with van der Waals surface area (Å²) in [5.41, 5.74) is 0.331. The van der Waals surface area contributed by atoms with Crippen molar-refractivity contribution in [3.8, 4) is 0 Å². The fraction of sp³-hybridized carbons (Fsp3) is 0.667. The molecule has 0 rings (SSSR count). The van der Waals surface area contributed by atoms with Gasteiger partial charge >= 0.3 is 5.97 Å². The SMILES string of the molecule is C/C(=C/CN(C)C(C)CO)C(=O)O. The Hall–Kier alpha value is -0.870. The molecule has 0 aromatic rings. The fourth-order valence-corrected chi connectivity index (χ4v) is 0.688. The van der Waals surface area contributed by atoms with E-state index in [1.807, 2.05) is 18.9 Å². The van der Waals surface area contributed by atoms with Crippen LogP contribution in [0.3, 0.4) is 0 Å². The Morgan fingerprint density at radius 2 is 2.15 bits per heavy atom. The number of nitrogens with zero attached hydrogens (tertiary/aromatic N) is 1. The van der Waals surface area contributed by atoms with Crippen LogP contribution < -0.4 is 0 Å². The summed E-state index contributed by atoms with van der Waals surface area (Å²) in [5, 5.41) is 17.4. The van der Waals surface area contributed by atoms with Crippen molar-refractivity contribution in [2.75, 3.05) is 20.2 Å². The minimum atomic E-state index is -0.898. The van der Waals surface area contributed by atoms with E-state index in [1.54, 1.807) is 13.0 Å². The zero-order chi connectivity index (χ0) is 10.4. The molecule has 0 aromatic carbocycles. The molecule has 4 heteroatoms. The summed E-state index contributed by atoms with van der Waals surface area (Å²) in [7, 11) is 1.84. The normalized spacial score (nSPS) is 14.7. The number of carboxylic acids is 1. The quantitative estimate of drug-likeness (QED) is 0.609. The van der Waals surface area contributed by atoms with Gasteiger partial charge in [0.2, 0.25) is 0 Å². The second-order valence-corrected chi connectivity index (χ2v) is 3.16. The van der Waals surface area contributed by atoms with Gasteiger partial charge in [-0.3, -0.25) is 4.90 Å². The molecular weight excluding hydrogens is 170 g/mol. The van der Waals surface area contributed by atoms with E-state index in [2.05, 4.69) is 0 Å². The molecule has 13 heavy (non-hydrogen) atoms. The van der Waals surface area contributed by atoms with Gasteiger partial charge in [0.05, 0.1) is 6.61 Å². The first-order chi connectivity index (χ1) is 5.99. The van der Waals surface area contributed by atoms with Crippen LogP contribution >= 0.6 is 0 Å². The summed E-state index contributed by atoms with van der Waals surface area (Å²) in [5.74, 6) is -0.898. The largest absolute Gasteiger partial charge is 0.478 e. The van der Waals surface area contributed by atoms with Crippen LogP contribution in [0.25, 0.3) is 0 Å². The van der Waals surface area contributed by atoms with Crippen molar-refractivity contribution in [3.05, 3.63) is 11.6 Å². The predicted octanol–water partition coefficient (Wildman–Crippen LogP) is 0.330. The number of hydrogen-bond donors (Lipinski definition) is 2. The summed E-state index contributed by atoms with van der Waals surface area (Å²) in [6.45, 7) is 4.06. The molecule has 0 fully saturated rings. The van der Waals surface area contributed by atoms with E-state index in [0.29, 0.717) is 12.1 Å². The third-order valence-corrected chi connectivity index (χ3v) is 2.04. The Kier molecular flexibility index (Phi) is 5.34. The smallest absolute Gasteiger partial charge is 0.330 e. The van der Waals surface area contributed by atoms with Crippen LogP contribution in [-0.2, 0) is 4.79 Å². The summed E-state index contributed by atoms with van der Waals surface area (Å²) >= 11 is 0. The van der Waals surface area contributed by atoms with Gasteiger partial charge in [-0.15, -0.1) is 0 Å². The van der Waals surface area contributed by atoms with Gasteiger partial charge in [-0.25, -0.2) is 4.79 Å². The van der Waals surface area contributed by atoms with Crippen molar-refractivity contribution in [1.82, 2.24) is 4.90 Å². The topological polar surface area (TPSA) is 60.8 Å². The lowest BCUT2D eigenvalue weighted by Gasteiger charge is -2.20. The number of aliphatic carboxylic acids is 1. The maximum absolute atomic E-state index is 10.4. The van der Waals surface area contributed by atoms with E-state index in [9.17, 15) is 4.79 Å². The van der Waals surface area contributed by atoms with E-state index >= 15 is 0 Å². The first kappa shape index (κ1) is 12.1. The van der Waals surface area contributed by atoms with Crippen LogP contribution in [-0.4, -0.2) is 47.3 Å². The number of carbonyl (C=O) groups is 1. The van der Waals surface area contributed by atoms with E-state index < -0.39 is 5.97 Å². The molecule has 0 bridgehead atoms. The number of likely N-dealkylation sites (N-methyl/N-ethyl adjacent to an activating group) is 1. The molecule has 1 unspecified atom stereocenters. The summed E-state index contributed by atoms with van der Waals surface area (Å²) in [4.78, 5) is 12.3. The van der Waals surface area contributed by atoms with E-state index in [4.69, 9.17) is 10.2 Å². The number of rotatable bonds is 5. The van der Waals surface area contributed by atoms with Crippen molar-refractivity contribution in [2.45, 2.75) is 19.9 Å². The van der Waals surface area contributed by atoms with E-state index in [0.717, 1.165) is 0 Å². The molecule has 1 atom stereocenters. The van der Waals surface area contributed by atoms with E-state index in [-0.39, 0.29) is 12.6 Å². The standard InChI is InChI=1S/C9H17NO3/c1-7(9(12)13)4-5-10(3)8(2)6-11/h4,8,11H,5-6H2,1-3H3,(H,12,13)/b7-4-. The Bertz CT molecular complexity index is 201. The van der Waals surface area contributed by atoms with Crippen molar-refractivity contribution in [2.24, 2.45) is 0 Å². The van der Waals surface area contributed by atoms with Crippen molar-refractivity contribution < 1.29 is 15.0 Å². The Labute approximate surface area is 78.5 Å². The van der Waals surface area contributed by atoms with Crippen molar-refractivity contribution in [1.29, 1.82) is 0 Å². The third kappa shape index (κ3) is 4.65. The summed E-state index contributed by atoms with van der Waals surface area (Å²) in [6, 6.07) is 0.0536. The van der Waals surface area contributed by atoms with Gasteiger partial charge in [0.25, 0.3) is 0 Å². The highest BCUT2D eigenvalue weighted by Crippen LogP contribution is 1.97. The molecule has 2 N–H and O–H groups in total. The van der Waals surface area contributed by atoms with Gasteiger partial charge in [0, 0.05) is 18.2 Å². The first-order valence-electron chi connectivity index (χ1n) is 4.20. The highest BCUT2D eigenvalue weighted by molar-refractivity contribution is 5.85. The Balaban J connectivity index is 4.00. The van der Waals surface area contributed by atoms with Gasteiger partial charge in [-0.05, 0) is 20.9 Å². The van der Waals surface area contributed by atoms with Gasteiger partial charge in [-0.1, -0.05) is 6.08 Å². The fourth-order valence-electron chi connectivity index (χ4n) is 0.688. The van der Waals surface area contributed by atoms with Crippen LogP contribution in [0.4, 0.5) is 0 Å². The Morgan fingerprint density at radius 3 is 2.54 bits per heavy atom. The highest BCUT2D eigenvalue weighted by atomic mass is 16.4. The zero-order valence-electron chi connectivity index (χ0n) is 8.32. The average Bonchev–Trinajstić information content (AvgIpc) is 2.11. The monoisotopic (exact) mass is 187 g/mol. The number of hydrogen-bond acceptors (Lipinski definition) is 3. The molecule has 0 aliphatic rings. The van der Waals surface area contributed by atoms with Crippen LogP contribution in [0, 0.1) is 0 Å². The zero-order valence-corrected chi connectivity index (χ0v) is 8.32. The molecule has 0 saturated heterocycles. The molecule has 4 nitrogen and oxygen atoms in total. The Morgan fingerprint density at radius 1 is 1.62 bits per heavy atom. The van der Waals surface area contributed by atoms with Crippen molar-refractivity contribution >= 4 is 5.97 Å². The minimum Gasteiger partial charge on any atom is -0.478 e. The predicted molar refractivity (Wildman–Crippen MR) is 50.6 cm³/mol. The number of aliphatic hydroxyl groups excluding tert-OH is 1. The second kappa shape index (κ2) is 5.72. The van der Waals surface area contributed by atoms with Crippen LogP contribution in [0.1, 0.15) is 13.8 Å². The molecule has 0 amide bonds. The molecule has 0 saturated carbocycles. The van der Waals surface area contributed by atoms with Crippen LogP contribution in [0.2, 0.25) is 0 Å².